The molecule has 132 valence electrons. The van der Waals surface area contributed by atoms with Crippen LogP contribution in [0.25, 0.3) is 0 Å². The Balaban J connectivity index is 2.45. The summed E-state index contributed by atoms with van der Waals surface area (Å²) in [6.45, 7) is 16.0. The predicted octanol–water partition coefficient (Wildman–Crippen LogP) is 6.05. The SMILES string of the molecule is C=C(CCCO[Si](CC)(CC)CC)C1CCCCCC(=O)C1=C. The number of ketones is 1. The molecule has 1 fully saturated rings. The largest absolute Gasteiger partial charge is 0.417 e. The zero-order valence-corrected chi connectivity index (χ0v) is 16.6. The fourth-order valence-corrected chi connectivity index (χ4v) is 6.30. The van der Waals surface area contributed by atoms with Gasteiger partial charge in [-0.25, -0.2) is 0 Å². The van der Waals surface area contributed by atoms with Crippen molar-refractivity contribution in [3.63, 3.8) is 0 Å². The number of hydrogen-bond acceptors (Lipinski definition) is 2. The number of carbonyl (C=O) groups excluding carboxylic acids is 1. The monoisotopic (exact) mass is 336 g/mol. The maximum absolute atomic E-state index is 12.1. The molecule has 1 unspecified atom stereocenters. The van der Waals surface area contributed by atoms with E-state index in [2.05, 4.69) is 33.9 Å². The third-order valence-corrected chi connectivity index (χ3v) is 10.3. The summed E-state index contributed by atoms with van der Waals surface area (Å²) in [5.74, 6) is 0.454. The maximum Gasteiger partial charge on any atom is 0.191 e. The van der Waals surface area contributed by atoms with Crippen LogP contribution in [0.2, 0.25) is 18.1 Å². The van der Waals surface area contributed by atoms with Crippen molar-refractivity contribution in [1.82, 2.24) is 0 Å². The van der Waals surface area contributed by atoms with Crippen LogP contribution in [0.3, 0.4) is 0 Å². The summed E-state index contributed by atoms with van der Waals surface area (Å²) in [7, 11) is -1.47. The number of carbonyl (C=O) groups is 1. The van der Waals surface area contributed by atoms with Crippen molar-refractivity contribution in [2.24, 2.45) is 5.92 Å². The number of allylic oxidation sites excluding steroid dienone is 2. The van der Waals surface area contributed by atoms with E-state index in [1.165, 1.54) is 30.1 Å². The number of hydrogen-bond donors (Lipinski definition) is 0. The molecule has 23 heavy (non-hydrogen) atoms. The fraction of sp³-hybridized carbons (Fsp3) is 0.750. The molecule has 1 saturated carbocycles. The van der Waals surface area contributed by atoms with E-state index < -0.39 is 8.32 Å². The summed E-state index contributed by atoms with van der Waals surface area (Å²) in [6, 6.07) is 3.61. The van der Waals surface area contributed by atoms with Gasteiger partial charge in [0.05, 0.1) is 0 Å². The first-order valence-corrected chi connectivity index (χ1v) is 12.1. The Kier molecular flexibility index (Phi) is 9.07. The van der Waals surface area contributed by atoms with E-state index in [-0.39, 0.29) is 11.7 Å². The van der Waals surface area contributed by atoms with Crippen LogP contribution in [0.4, 0.5) is 0 Å². The predicted molar refractivity (Wildman–Crippen MR) is 102 cm³/mol. The molecule has 1 aliphatic rings. The van der Waals surface area contributed by atoms with Gasteiger partial charge in [0.2, 0.25) is 0 Å². The lowest BCUT2D eigenvalue weighted by Gasteiger charge is -2.28. The van der Waals surface area contributed by atoms with Gasteiger partial charge in [-0.2, -0.15) is 0 Å². The molecule has 1 atom stereocenters. The Morgan fingerprint density at radius 3 is 2.43 bits per heavy atom. The molecule has 0 aromatic heterocycles. The molecule has 0 aromatic carbocycles. The summed E-state index contributed by atoms with van der Waals surface area (Å²) < 4.78 is 6.32. The van der Waals surface area contributed by atoms with Crippen molar-refractivity contribution in [3.8, 4) is 0 Å². The van der Waals surface area contributed by atoms with Gasteiger partial charge in [-0.3, -0.25) is 4.79 Å². The quantitative estimate of drug-likeness (QED) is 0.222. The second-order valence-electron chi connectivity index (χ2n) is 6.95. The van der Waals surface area contributed by atoms with Crippen LogP contribution in [0.15, 0.2) is 24.3 Å². The van der Waals surface area contributed by atoms with E-state index in [9.17, 15) is 4.79 Å². The third-order valence-electron chi connectivity index (χ3n) is 5.65. The fourth-order valence-electron chi connectivity index (χ4n) is 3.61. The minimum atomic E-state index is -1.47. The Morgan fingerprint density at radius 2 is 1.83 bits per heavy atom. The molecule has 0 aliphatic heterocycles. The molecule has 0 radical (unpaired) electrons. The van der Waals surface area contributed by atoms with E-state index in [1.54, 1.807) is 0 Å². The van der Waals surface area contributed by atoms with Gasteiger partial charge in [0.15, 0.2) is 14.1 Å². The highest BCUT2D eigenvalue weighted by atomic mass is 28.4. The van der Waals surface area contributed by atoms with Crippen LogP contribution in [0.5, 0.6) is 0 Å². The van der Waals surface area contributed by atoms with E-state index in [1.807, 2.05) is 0 Å². The van der Waals surface area contributed by atoms with Gasteiger partial charge in [-0.1, -0.05) is 52.3 Å². The topological polar surface area (TPSA) is 26.3 Å². The Hall–Kier alpha value is -0.673. The summed E-state index contributed by atoms with van der Waals surface area (Å²) in [6.07, 6.45) is 7.05. The average molecular weight is 337 g/mol. The molecule has 2 nitrogen and oxygen atoms in total. The van der Waals surface area contributed by atoms with Gasteiger partial charge in [-0.15, -0.1) is 0 Å². The molecule has 0 spiro atoms. The van der Waals surface area contributed by atoms with Gasteiger partial charge < -0.3 is 4.43 Å². The maximum atomic E-state index is 12.1. The van der Waals surface area contributed by atoms with Crippen molar-refractivity contribution in [2.45, 2.75) is 83.8 Å². The van der Waals surface area contributed by atoms with Crippen LogP contribution < -0.4 is 0 Å². The first kappa shape index (κ1) is 20.4. The van der Waals surface area contributed by atoms with E-state index >= 15 is 0 Å². The summed E-state index contributed by atoms with van der Waals surface area (Å²) in [4.78, 5) is 12.1. The Morgan fingerprint density at radius 1 is 1.17 bits per heavy atom. The average Bonchev–Trinajstić information content (AvgIpc) is 2.56. The lowest BCUT2D eigenvalue weighted by molar-refractivity contribution is -0.116. The van der Waals surface area contributed by atoms with Gasteiger partial charge >= 0.3 is 0 Å². The van der Waals surface area contributed by atoms with Crippen molar-refractivity contribution < 1.29 is 9.22 Å². The first-order chi connectivity index (χ1) is 11.0. The molecule has 1 aliphatic carbocycles. The van der Waals surface area contributed by atoms with Crippen molar-refractivity contribution >= 4 is 14.1 Å². The Labute approximate surface area is 144 Å². The number of rotatable bonds is 9. The summed E-state index contributed by atoms with van der Waals surface area (Å²) in [5.41, 5.74) is 1.99. The zero-order chi connectivity index (χ0) is 17.3. The molecule has 0 saturated heterocycles. The van der Waals surface area contributed by atoms with E-state index in [4.69, 9.17) is 4.43 Å². The smallest absolute Gasteiger partial charge is 0.191 e. The van der Waals surface area contributed by atoms with E-state index in [0.29, 0.717) is 6.42 Å². The van der Waals surface area contributed by atoms with Crippen molar-refractivity contribution in [1.29, 1.82) is 0 Å². The van der Waals surface area contributed by atoms with Crippen LogP contribution in [-0.4, -0.2) is 20.7 Å². The van der Waals surface area contributed by atoms with Crippen LogP contribution in [0.1, 0.15) is 65.7 Å². The lowest BCUT2D eigenvalue weighted by Crippen LogP contribution is -2.36. The molecule has 1 rings (SSSR count). The second kappa shape index (κ2) is 10.2. The summed E-state index contributed by atoms with van der Waals surface area (Å²) in [5, 5.41) is 0. The zero-order valence-electron chi connectivity index (χ0n) is 15.6. The second-order valence-corrected chi connectivity index (χ2v) is 11.7. The minimum Gasteiger partial charge on any atom is -0.417 e. The standard InChI is InChI=1S/C20H36O2Si/c1-6-23(7-2,8-3)22-16-12-13-17(4)19-14-10-9-11-15-20(21)18(19)5/h19H,4-16H2,1-3H3. The normalized spacial score (nSPS) is 20.2. The highest BCUT2D eigenvalue weighted by molar-refractivity contribution is 6.73. The highest BCUT2D eigenvalue weighted by Crippen LogP contribution is 2.31. The van der Waals surface area contributed by atoms with Gasteiger partial charge in [-0.05, 0) is 49.4 Å². The Bertz CT molecular complexity index is 402. The highest BCUT2D eigenvalue weighted by Gasteiger charge is 2.28. The third kappa shape index (κ3) is 6.04. The van der Waals surface area contributed by atoms with Gasteiger partial charge in [0.25, 0.3) is 0 Å². The van der Waals surface area contributed by atoms with Gasteiger partial charge in [0.1, 0.15) is 0 Å². The number of Topliss-reactive ketones (excluding diaryl/α,β-unsaturated/α-hetero) is 1. The molecule has 0 aromatic rings. The van der Waals surface area contributed by atoms with Gasteiger partial charge in [0, 0.05) is 18.9 Å². The molecule has 0 bridgehead atoms. The lowest BCUT2D eigenvalue weighted by atomic mass is 9.81. The molecular weight excluding hydrogens is 300 g/mol. The van der Waals surface area contributed by atoms with Crippen molar-refractivity contribution in [3.05, 3.63) is 24.3 Å². The first-order valence-electron chi connectivity index (χ1n) is 9.53. The molecule has 0 amide bonds. The molecule has 0 N–H and O–H groups in total. The van der Waals surface area contributed by atoms with E-state index in [0.717, 1.165) is 44.3 Å². The van der Waals surface area contributed by atoms with Crippen LogP contribution >= 0.6 is 0 Å². The van der Waals surface area contributed by atoms with Crippen molar-refractivity contribution in [2.75, 3.05) is 6.61 Å². The van der Waals surface area contributed by atoms with Crippen LogP contribution in [0, 0.1) is 5.92 Å². The molecular formula is C20H36O2Si. The molecule has 3 heteroatoms. The molecule has 0 heterocycles. The minimum absolute atomic E-state index is 0.202. The summed E-state index contributed by atoms with van der Waals surface area (Å²) >= 11 is 0. The van der Waals surface area contributed by atoms with Crippen LogP contribution in [-0.2, 0) is 9.22 Å².